The van der Waals surface area contributed by atoms with Crippen molar-refractivity contribution in [1.82, 2.24) is 14.8 Å². The number of benzene rings is 1. The van der Waals surface area contributed by atoms with Gasteiger partial charge >= 0.3 is 6.18 Å². The number of nitrogens with one attached hydrogen (secondary N) is 1. The molecule has 0 radical (unpaired) electrons. The number of fused-ring (bicyclic) bond motifs is 1. The molecule has 0 fully saturated rings. The van der Waals surface area contributed by atoms with Crippen molar-refractivity contribution in [2.45, 2.75) is 47.0 Å². The van der Waals surface area contributed by atoms with Crippen LogP contribution in [0, 0.1) is 20.8 Å². The van der Waals surface area contributed by atoms with Crippen LogP contribution in [0.3, 0.4) is 0 Å². The summed E-state index contributed by atoms with van der Waals surface area (Å²) in [6, 6.07) is 9.65. The number of pyridine rings is 1. The molecule has 0 saturated heterocycles. The average molecular weight is 598 g/mol. The molecule has 218 valence electrons. The van der Waals surface area contributed by atoms with Gasteiger partial charge in [0, 0.05) is 23.7 Å². The smallest absolute Gasteiger partial charge is 0.433 e. The quantitative estimate of drug-likeness (QED) is 0.206. The summed E-state index contributed by atoms with van der Waals surface area (Å²) in [5.74, 6) is -0.692. The molecule has 0 aliphatic carbocycles. The lowest BCUT2D eigenvalue weighted by molar-refractivity contribution is -0.140. The minimum Gasteiger partial charge on any atom is -0.485 e. The van der Waals surface area contributed by atoms with E-state index in [0.717, 1.165) is 17.2 Å². The standard InChI is InChI=1S/C29H26F3N5O4S/c1-5-37-12-19(16(4)36-37)18-11-21(29(30,31)32)34-28-22(18)23(25(42-28)26(33)38)35-27(39)20-10-9-17(41-20)13-40-24-14(2)7-6-8-15(24)3/h6-12H,5,13H2,1-4H3,(H2,33,38)(H,35,39). The van der Waals surface area contributed by atoms with E-state index in [1.54, 1.807) is 23.9 Å². The number of thiophene rings is 1. The second-order valence-electron chi connectivity index (χ2n) is 9.62. The van der Waals surface area contributed by atoms with Gasteiger partial charge in [0.2, 0.25) is 0 Å². The van der Waals surface area contributed by atoms with Crippen LogP contribution in [0.2, 0.25) is 0 Å². The molecule has 0 saturated carbocycles. The van der Waals surface area contributed by atoms with Crippen molar-refractivity contribution in [3.63, 3.8) is 0 Å². The summed E-state index contributed by atoms with van der Waals surface area (Å²) in [4.78, 5) is 29.2. The number of hydrogen-bond acceptors (Lipinski definition) is 7. The lowest BCUT2D eigenvalue weighted by atomic mass is 10.0. The van der Waals surface area contributed by atoms with Crippen LogP contribution < -0.4 is 15.8 Å². The Kier molecular flexibility index (Phi) is 7.54. The van der Waals surface area contributed by atoms with Gasteiger partial charge in [-0.05, 0) is 62.6 Å². The summed E-state index contributed by atoms with van der Waals surface area (Å²) in [5, 5.41) is 7.12. The highest BCUT2D eigenvalue weighted by Crippen LogP contribution is 2.44. The molecule has 4 heterocycles. The lowest BCUT2D eigenvalue weighted by Crippen LogP contribution is -2.16. The maximum atomic E-state index is 13.8. The van der Waals surface area contributed by atoms with Gasteiger partial charge in [0.05, 0.1) is 11.4 Å². The first-order valence-electron chi connectivity index (χ1n) is 12.8. The Morgan fingerprint density at radius 1 is 1.12 bits per heavy atom. The van der Waals surface area contributed by atoms with Crippen LogP contribution in [-0.2, 0) is 19.3 Å². The maximum Gasteiger partial charge on any atom is 0.433 e. The maximum absolute atomic E-state index is 13.8. The van der Waals surface area contributed by atoms with Crippen molar-refractivity contribution in [3.05, 3.63) is 81.5 Å². The van der Waals surface area contributed by atoms with Gasteiger partial charge < -0.3 is 20.2 Å². The number of halogens is 3. The van der Waals surface area contributed by atoms with Crippen LogP contribution in [0.5, 0.6) is 5.75 Å². The number of aryl methyl sites for hydroxylation is 4. The van der Waals surface area contributed by atoms with Crippen LogP contribution >= 0.6 is 11.3 Å². The van der Waals surface area contributed by atoms with Crippen molar-refractivity contribution in [1.29, 1.82) is 0 Å². The molecule has 5 aromatic rings. The number of amides is 2. The number of carbonyl (C=O) groups excluding carboxylic acids is 2. The summed E-state index contributed by atoms with van der Waals surface area (Å²) >= 11 is 0.662. The van der Waals surface area contributed by atoms with Gasteiger partial charge in [0.1, 0.15) is 33.5 Å². The highest BCUT2D eigenvalue weighted by Gasteiger charge is 2.35. The molecule has 0 bridgehead atoms. The number of nitrogens with two attached hydrogens (primary N) is 1. The monoisotopic (exact) mass is 597 g/mol. The molecule has 4 aromatic heterocycles. The van der Waals surface area contributed by atoms with Crippen LogP contribution in [0.25, 0.3) is 21.3 Å². The largest absolute Gasteiger partial charge is 0.485 e. The van der Waals surface area contributed by atoms with Gasteiger partial charge in [-0.15, -0.1) is 11.3 Å². The Bertz CT molecular complexity index is 1820. The first kappa shape index (κ1) is 28.9. The van der Waals surface area contributed by atoms with Gasteiger partial charge in [-0.2, -0.15) is 18.3 Å². The first-order valence-corrected chi connectivity index (χ1v) is 13.7. The van der Waals surface area contributed by atoms with E-state index in [4.69, 9.17) is 14.9 Å². The summed E-state index contributed by atoms with van der Waals surface area (Å²) in [6.45, 7) is 7.87. The molecule has 3 N–H and O–H groups in total. The normalized spacial score (nSPS) is 11.7. The second kappa shape index (κ2) is 11.0. The number of ether oxygens (including phenoxy) is 1. The number of anilines is 1. The number of furan rings is 1. The summed E-state index contributed by atoms with van der Waals surface area (Å²) in [7, 11) is 0. The minimum atomic E-state index is -4.76. The van der Waals surface area contributed by atoms with Crippen LogP contribution in [0.15, 0.2) is 47.0 Å². The summed E-state index contributed by atoms with van der Waals surface area (Å²) in [6.07, 6.45) is -3.16. The fourth-order valence-corrected chi connectivity index (χ4v) is 5.62. The highest BCUT2D eigenvalue weighted by molar-refractivity contribution is 7.21. The summed E-state index contributed by atoms with van der Waals surface area (Å²) < 4.78 is 54.7. The van der Waals surface area contributed by atoms with Gasteiger partial charge in [-0.3, -0.25) is 14.3 Å². The number of para-hydroxylation sites is 1. The number of nitrogens with zero attached hydrogens (tertiary/aromatic N) is 3. The molecule has 2 amide bonds. The lowest BCUT2D eigenvalue weighted by Gasteiger charge is -2.12. The summed E-state index contributed by atoms with van der Waals surface area (Å²) in [5.41, 5.74) is 7.23. The second-order valence-corrected chi connectivity index (χ2v) is 10.6. The Morgan fingerprint density at radius 2 is 1.83 bits per heavy atom. The molecule has 42 heavy (non-hydrogen) atoms. The average Bonchev–Trinajstić information content (AvgIpc) is 3.64. The van der Waals surface area contributed by atoms with E-state index in [0.29, 0.717) is 40.6 Å². The van der Waals surface area contributed by atoms with Crippen LogP contribution in [0.4, 0.5) is 18.9 Å². The fraction of sp³-hybridized carbons (Fsp3) is 0.241. The molecular formula is C29H26F3N5O4S. The fourth-order valence-electron chi connectivity index (χ4n) is 4.62. The predicted octanol–water partition coefficient (Wildman–Crippen LogP) is 6.65. The molecule has 0 aliphatic heterocycles. The van der Waals surface area contributed by atoms with E-state index < -0.39 is 23.7 Å². The van der Waals surface area contributed by atoms with Crippen molar-refractivity contribution in [3.8, 4) is 16.9 Å². The Hall–Kier alpha value is -4.65. The van der Waals surface area contributed by atoms with Crippen LogP contribution in [-0.4, -0.2) is 26.6 Å². The molecule has 0 spiro atoms. The number of aromatic nitrogens is 3. The zero-order chi connectivity index (χ0) is 30.3. The van der Waals surface area contributed by atoms with Gasteiger partial charge in [0.25, 0.3) is 11.8 Å². The minimum absolute atomic E-state index is 0.0574. The zero-order valence-corrected chi connectivity index (χ0v) is 23.9. The van der Waals surface area contributed by atoms with E-state index in [-0.39, 0.29) is 38.7 Å². The van der Waals surface area contributed by atoms with E-state index in [9.17, 15) is 22.8 Å². The topological polar surface area (TPSA) is 125 Å². The third-order valence-corrected chi connectivity index (χ3v) is 7.73. The molecule has 0 aliphatic rings. The predicted molar refractivity (Wildman–Crippen MR) is 152 cm³/mol. The number of alkyl halides is 3. The number of hydrogen-bond donors (Lipinski definition) is 2. The molecular weight excluding hydrogens is 571 g/mol. The number of primary amides is 1. The number of carbonyl (C=O) groups is 2. The zero-order valence-electron chi connectivity index (χ0n) is 23.0. The van der Waals surface area contributed by atoms with Gasteiger partial charge in [0.15, 0.2) is 5.76 Å². The van der Waals surface area contributed by atoms with E-state index in [1.807, 2.05) is 39.0 Å². The Balaban J connectivity index is 1.54. The van der Waals surface area contributed by atoms with Crippen LogP contribution in [0.1, 0.15) is 55.4 Å². The highest BCUT2D eigenvalue weighted by atomic mass is 32.1. The van der Waals surface area contributed by atoms with Crippen molar-refractivity contribution < 1.29 is 31.9 Å². The Labute approximate surface area is 242 Å². The molecule has 13 heteroatoms. The van der Waals surface area contributed by atoms with Crippen molar-refractivity contribution in [2.75, 3.05) is 5.32 Å². The van der Waals surface area contributed by atoms with Crippen molar-refractivity contribution in [2.24, 2.45) is 5.73 Å². The van der Waals surface area contributed by atoms with Gasteiger partial charge in [-0.1, -0.05) is 18.2 Å². The van der Waals surface area contributed by atoms with Crippen molar-refractivity contribution >= 4 is 39.1 Å². The van der Waals surface area contributed by atoms with E-state index >= 15 is 0 Å². The van der Waals surface area contributed by atoms with Gasteiger partial charge in [-0.25, -0.2) is 4.98 Å². The number of rotatable bonds is 8. The molecule has 9 nitrogen and oxygen atoms in total. The SMILES string of the molecule is CCn1cc(-c2cc(C(F)(F)F)nc3sc(C(N)=O)c(NC(=O)c4ccc(COc5c(C)cccc5C)o4)c23)c(C)n1. The van der Waals surface area contributed by atoms with E-state index in [1.165, 1.54) is 6.07 Å². The Morgan fingerprint density at radius 3 is 2.45 bits per heavy atom. The van der Waals surface area contributed by atoms with E-state index in [2.05, 4.69) is 15.4 Å². The third kappa shape index (κ3) is 5.47. The third-order valence-electron chi connectivity index (χ3n) is 6.63. The molecule has 0 atom stereocenters. The molecule has 0 unspecified atom stereocenters. The molecule has 1 aromatic carbocycles. The molecule has 5 rings (SSSR count). The first-order chi connectivity index (χ1) is 19.9.